The van der Waals surface area contributed by atoms with Crippen LogP contribution in [0.3, 0.4) is 0 Å². The average molecular weight is 313 g/mol. The molecule has 23 heavy (non-hydrogen) atoms. The summed E-state index contributed by atoms with van der Waals surface area (Å²) in [4.78, 5) is 22.7. The Bertz CT molecular complexity index is 755. The van der Waals surface area contributed by atoms with E-state index in [4.69, 9.17) is 5.73 Å². The van der Waals surface area contributed by atoms with Crippen molar-refractivity contribution >= 4 is 28.9 Å². The molecule has 0 atom stereocenters. The molecule has 2 aromatic carbocycles. The number of anilines is 2. The van der Waals surface area contributed by atoms with Gasteiger partial charge in [0.1, 0.15) is 5.82 Å². The highest BCUT2D eigenvalue weighted by Gasteiger charge is 2.03. The van der Waals surface area contributed by atoms with Crippen molar-refractivity contribution in [2.24, 2.45) is 5.73 Å². The van der Waals surface area contributed by atoms with E-state index in [1.807, 2.05) is 0 Å². The monoisotopic (exact) mass is 313 g/mol. The summed E-state index contributed by atoms with van der Waals surface area (Å²) in [5.41, 5.74) is 7.39. The fraction of sp³-hybridized carbons (Fsp3) is 0.0588. The molecule has 0 bridgehead atoms. The Morgan fingerprint density at radius 2 is 1.65 bits per heavy atom. The normalized spacial score (nSPS) is 11.0. The number of nitrogens with one attached hydrogen (secondary N) is 2. The van der Waals surface area contributed by atoms with Crippen LogP contribution in [0.1, 0.15) is 12.5 Å². The Balaban J connectivity index is 2.04. The van der Waals surface area contributed by atoms with E-state index < -0.39 is 6.03 Å². The Kier molecular flexibility index (Phi) is 5.09. The number of primary amides is 1. The number of rotatable bonds is 4. The third-order valence-electron chi connectivity index (χ3n) is 3.05. The molecule has 2 rings (SSSR count). The van der Waals surface area contributed by atoms with E-state index in [-0.39, 0.29) is 11.7 Å². The zero-order valence-corrected chi connectivity index (χ0v) is 12.5. The highest BCUT2D eigenvalue weighted by molar-refractivity contribution is 6.03. The van der Waals surface area contributed by atoms with Crippen LogP contribution in [0.5, 0.6) is 0 Å². The molecular weight excluding hydrogens is 297 g/mol. The first-order chi connectivity index (χ1) is 10.9. The number of nitrogens with two attached hydrogens (primary N) is 1. The standard InChI is InChI=1S/C17H16FN3O2/c1-11(12-3-2-4-13(18)10-12)9-16(22)20-14-5-7-15(8-6-14)21-17(19)23/h2-10H,1H3,(H,20,22)(H3,19,21,23)/b11-9+. The van der Waals surface area contributed by atoms with Crippen molar-refractivity contribution in [3.05, 3.63) is 66.0 Å². The first-order valence-electron chi connectivity index (χ1n) is 6.86. The molecule has 3 amide bonds. The van der Waals surface area contributed by atoms with Gasteiger partial charge in [0.25, 0.3) is 0 Å². The molecule has 0 spiro atoms. The van der Waals surface area contributed by atoms with E-state index in [0.29, 0.717) is 22.5 Å². The molecule has 2 aromatic rings. The second-order valence-corrected chi connectivity index (χ2v) is 4.89. The first kappa shape index (κ1) is 16.2. The van der Waals surface area contributed by atoms with E-state index in [2.05, 4.69) is 10.6 Å². The number of hydrogen-bond donors (Lipinski definition) is 3. The number of halogens is 1. The third-order valence-corrected chi connectivity index (χ3v) is 3.05. The lowest BCUT2D eigenvalue weighted by molar-refractivity contribution is -0.111. The third kappa shape index (κ3) is 4.96. The Hall–Kier alpha value is -3.15. The minimum absolute atomic E-state index is 0.331. The average Bonchev–Trinajstić information content (AvgIpc) is 2.48. The fourth-order valence-electron chi connectivity index (χ4n) is 1.97. The van der Waals surface area contributed by atoms with E-state index in [0.717, 1.165) is 0 Å². The van der Waals surface area contributed by atoms with E-state index in [1.54, 1.807) is 43.3 Å². The van der Waals surface area contributed by atoms with Gasteiger partial charge in [-0.05, 0) is 54.5 Å². The zero-order valence-electron chi connectivity index (χ0n) is 12.5. The lowest BCUT2D eigenvalue weighted by atomic mass is 10.1. The molecular formula is C17H16FN3O2. The van der Waals surface area contributed by atoms with Crippen LogP contribution in [0.15, 0.2) is 54.6 Å². The molecule has 0 aliphatic heterocycles. The molecule has 0 unspecified atom stereocenters. The van der Waals surface area contributed by atoms with Crippen LogP contribution in [0.2, 0.25) is 0 Å². The van der Waals surface area contributed by atoms with Gasteiger partial charge < -0.3 is 16.4 Å². The molecule has 0 heterocycles. The number of urea groups is 1. The predicted octanol–water partition coefficient (Wildman–Crippen LogP) is 3.36. The Morgan fingerprint density at radius 1 is 1.04 bits per heavy atom. The lowest BCUT2D eigenvalue weighted by Crippen LogP contribution is -2.19. The number of amides is 3. The maximum atomic E-state index is 13.2. The van der Waals surface area contributed by atoms with Crippen molar-refractivity contribution in [1.29, 1.82) is 0 Å². The van der Waals surface area contributed by atoms with Crippen molar-refractivity contribution in [3.63, 3.8) is 0 Å². The van der Waals surface area contributed by atoms with Crippen LogP contribution in [0, 0.1) is 5.82 Å². The van der Waals surface area contributed by atoms with Gasteiger partial charge in [0, 0.05) is 17.5 Å². The molecule has 0 aliphatic carbocycles. The molecule has 6 heteroatoms. The summed E-state index contributed by atoms with van der Waals surface area (Å²) >= 11 is 0. The number of allylic oxidation sites excluding steroid dienone is 1. The Morgan fingerprint density at radius 3 is 2.22 bits per heavy atom. The second kappa shape index (κ2) is 7.22. The van der Waals surface area contributed by atoms with Crippen molar-refractivity contribution in [1.82, 2.24) is 0 Å². The maximum Gasteiger partial charge on any atom is 0.316 e. The summed E-state index contributed by atoms with van der Waals surface area (Å²) in [5, 5.41) is 5.11. The maximum absolute atomic E-state index is 13.2. The van der Waals surface area contributed by atoms with E-state index >= 15 is 0 Å². The Labute approximate surface area is 133 Å². The molecule has 0 saturated carbocycles. The second-order valence-electron chi connectivity index (χ2n) is 4.89. The SMILES string of the molecule is C/C(=C\C(=O)Nc1ccc(NC(N)=O)cc1)c1cccc(F)c1. The summed E-state index contributed by atoms with van der Waals surface area (Å²) < 4.78 is 13.2. The number of carbonyl (C=O) groups is 2. The van der Waals surface area contributed by atoms with Crippen LogP contribution in [0.4, 0.5) is 20.6 Å². The topological polar surface area (TPSA) is 84.2 Å². The van der Waals surface area contributed by atoms with E-state index in [9.17, 15) is 14.0 Å². The zero-order chi connectivity index (χ0) is 16.8. The number of benzene rings is 2. The van der Waals surface area contributed by atoms with Crippen LogP contribution < -0.4 is 16.4 Å². The van der Waals surface area contributed by atoms with Gasteiger partial charge in [-0.25, -0.2) is 9.18 Å². The molecule has 0 aromatic heterocycles. The van der Waals surface area contributed by atoms with Gasteiger partial charge >= 0.3 is 6.03 Å². The van der Waals surface area contributed by atoms with Crippen molar-refractivity contribution in [2.75, 3.05) is 10.6 Å². The largest absolute Gasteiger partial charge is 0.351 e. The summed E-state index contributed by atoms with van der Waals surface area (Å²) in [5.74, 6) is -0.685. The lowest BCUT2D eigenvalue weighted by Gasteiger charge is -2.06. The summed E-state index contributed by atoms with van der Waals surface area (Å²) in [7, 11) is 0. The van der Waals surface area contributed by atoms with Gasteiger partial charge in [-0.1, -0.05) is 12.1 Å². The number of hydrogen-bond acceptors (Lipinski definition) is 2. The van der Waals surface area contributed by atoms with Crippen LogP contribution in [-0.4, -0.2) is 11.9 Å². The van der Waals surface area contributed by atoms with Crippen LogP contribution >= 0.6 is 0 Å². The van der Waals surface area contributed by atoms with E-state index in [1.165, 1.54) is 18.2 Å². The minimum Gasteiger partial charge on any atom is -0.351 e. The summed E-state index contributed by atoms with van der Waals surface area (Å²) in [6.07, 6.45) is 1.39. The van der Waals surface area contributed by atoms with Gasteiger partial charge in [0.05, 0.1) is 0 Å². The van der Waals surface area contributed by atoms with Crippen LogP contribution in [0.25, 0.3) is 5.57 Å². The van der Waals surface area contributed by atoms with Crippen molar-refractivity contribution < 1.29 is 14.0 Å². The van der Waals surface area contributed by atoms with Gasteiger partial charge in [-0.2, -0.15) is 0 Å². The number of carbonyl (C=O) groups excluding carboxylic acids is 2. The van der Waals surface area contributed by atoms with Crippen molar-refractivity contribution in [2.45, 2.75) is 6.92 Å². The fourth-order valence-corrected chi connectivity index (χ4v) is 1.97. The highest BCUT2D eigenvalue weighted by atomic mass is 19.1. The summed E-state index contributed by atoms with van der Waals surface area (Å²) in [6.45, 7) is 1.73. The van der Waals surface area contributed by atoms with Gasteiger partial charge in [0.2, 0.25) is 5.91 Å². The van der Waals surface area contributed by atoms with Gasteiger partial charge in [-0.3, -0.25) is 4.79 Å². The molecule has 0 saturated heterocycles. The molecule has 5 nitrogen and oxygen atoms in total. The van der Waals surface area contributed by atoms with Crippen molar-refractivity contribution in [3.8, 4) is 0 Å². The highest BCUT2D eigenvalue weighted by Crippen LogP contribution is 2.16. The van der Waals surface area contributed by atoms with Gasteiger partial charge in [0.15, 0.2) is 0 Å². The first-order valence-corrected chi connectivity index (χ1v) is 6.86. The quantitative estimate of drug-likeness (QED) is 0.756. The summed E-state index contributed by atoms with van der Waals surface area (Å²) in [6, 6.07) is 11.9. The smallest absolute Gasteiger partial charge is 0.316 e. The van der Waals surface area contributed by atoms with Gasteiger partial charge in [-0.15, -0.1) is 0 Å². The molecule has 118 valence electrons. The predicted molar refractivity (Wildman–Crippen MR) is 88.3 cm³/mol. The minimum atomic E-state index is -0.657. The molecule has 0 radical (unpaired) electrons. The molecule has 0 aliphatic rings. The molecule has 4 N–H and O–H groups in total. The molecule has 0 fully saturated rings. The van der Waals surface area contributed by atoms with Crippen LogP contribution in [-0.2, 0) is 4.79 Å².